The predicted molar refractivity (Wildman–Crippen MR) is 158 cm³/mol. The van der Waals surface area contributed by atoms with Crippen LogP contribution in [0.5, 0.6) is 0 Å². The number of hydrogen-bond acceptors (Lipinski definition) is 6. The Morgan fingerprint density at radius 1 is 0.846 bits per heavy atom. The van der Waals surface area contributed by atoms with E-state index in [-0.39, 0.29) is 10.8 Å². The summed E-state index contributed by atoms with van der Waals surface area (Å²) in [7, 11) is -3.65. The summed E-state index contributed by atoms with van der Waals surface area (Å²) >= 11 is 1.58. The van der Waals surface area contributed by atoms with Crippen molar-refractivity contribution in [3.05, 3.63) is 71.6 Å². The van der Waals surface area contributed by atoms with Crippen LogP contribution in [0.4, 0.5) is 11.4 Å². The molecule has 9 heteroatoms. The number of hydrogen-bond donors (Lipinski definition) is 1. The van der Waals surface area contributed by atoms with Gasteiger partial charge in [0.25, 0.3) is 5.91 Å². The highest BCUT2D eigenvalue weighted by molar-refractivity contribution is 7.89. The van der Waals surface area contributed by atoms with Gasteiger partial charge >= 0.3 is 0 Å². The molecule has 2 saturated heterocycles. The quantitative estimate of drug-likeness (QED) is 0.296. The molecule has 2 aromatic carbocycles. The molecule has 202 valence electrons. The van der Waals surface area contributed by atoms with E-state index in [9.17, 15) is 13.2 Å². The summed E-state index contributed by atoms with van der Waals surface area (Å²) in [6.45, 7) is 2.82. The molecule has 0 atom stereocenters. The molecule has 0 saturated carbocycles. The summed E-state index contributed by atoms with van der Waals surface area (Å²) in [5.74, 6) is -0.280. The lowest BCUT2D eigenvalue weighted by atomic mass is 10.1. The number of piperidine rings is 2. The topological polar surface area (TPSA) is 82.6 Å². The van der Waals surface area contributed by atoms with Gasteiger partial charge in [-0.25, -0.2) is 13.4 Å². The summed E-state index contributed by atoms with van der Waals surface area (Å²) < 4.78 is 28.6. The number of pyridine rings is 1. The van der Waals surface area contributed by atoms with Crippen molar-refractivity contribution in [2.45, 2.75) is 43.4 Å². The molecular formula is C30H32N4O3S2. The van der Waals surface area contributed by atoms with Crippen LogP contribution in [-0.4, -0.2) is 49.8 Å². The van der Waals surface area contributed by atoms with Crippen LogP contribution in [0.15, 0.2) is 70.9 Å². The van der Waals surface area contributed by atoms with Crippen molar-refractivity contribution >= 4 is 49.5 Å². The third-order valence-corrected chi connectivity index (χ3v) is 10.4. The van der Waals surface area contributed by atoms with E-state index in [2.05, 4.69) is 10.2 Å². The Labute approximate surface area is 233 Å². The number of anilines is 2. The normalized spacial score (nSPS) is 16.9. The average Bonchev–Trinajstić information content (AvgIpc) is 3.53. The molecule has 39 heavy (non-hydrogen) atoms. The van der Waals surface area contributed by atoms with Gasteiger partial charge < -0.3 is 10.2 Å². The first-order valence-electron chi connectivity index (χ1n) is 13.6. The molecule has 0 aliphatic carbocycles. The summed E-state index contributed by atoms with van der Waals surface area (Å²) in [4.78, 5) is 22.2. The molecule has 0 spiro atoms. The van der Waals surface area contributed by atoms with Crippen LogP contribution in [0.25, 0.3) is 21.5 Å². The summed E-state index contributed by atoms with van der Waals surface area (Å²) in [5.41, 5.74) is 3.38. The van der Waals surface area contributed by atoms with Crippen LogP contribution in [0, 0.1) is 0 Å². The first kappa shape index (κ1) is 26.0. The van der Waals surface area contributed by atoms with E-state index in [4.69, 9.17) is 4.98 Å². The Kier molecular flexibility index (Phi) is 7.38. The van der Waals surface area contributed by atoms with Gasteiger partial charge in [-0.3, -0.25) is 4.79 Å². The van der Waals surface area contributed by atoms with Crippen molar-refractivity contribution in [2.24, 2.45) is 0 Å². The smallest absolute Gasteiger partial charge is 0.256 e. The van der Waals surface area contributed by atoms with Gasteiger partial charge in [0.15, 0.2) is 0 Å². The van der Waals surface area contributed by atoms with Gasteiger partial charge in [0.05, 0.1) is 37.9 Å². The minimum Gasteiger partial charge on any atom is -0.370 e. The minimum atomic E-state index is -3.65. The van der Waals surface area contributed by atoms with Crippen molar-refractivity contribution in [3.8, 4) is 10.6 Å². The summed E-state index contributed by atoms with van der Waals surface area (Å²) in [5, 5.41) is 5.86. The number of thiophene rings is 1. The second kappa shape index (κ2) is 11.1. The SMILES string of the molecule is O=C(Nc1cc(S(=O)(=O)N2CCCCC2)ccc1N1CCCCC1)c1cc(-c2cccs2)nc2ccccc12. The third kappa shape index (κ3) is 5.31. The lowest BCUT2D eigenvalue weighted by Crippen LogP contribution is -2.36. The Morgan fingerprint density at radius 3 is 2.33 bits per heavy atom. The summed E-state index contributed by atoms with van der Waals surface area (Å²) in [6, 6.07) is 18.6. The molecule has 0 bridgehead atoms. The first-order valence-corrected chi connectivity index (χ1v) is 16.0. The molecule has 4 heterocycles. The van der Waals surface area contributed by atoms with Crippen LogP contribution in [0.3, 0.4) is 0 Å². The lowest BCUT2D eigenvalue weighted by Gasteiger charge is -2.31. The van der Waals surface area contributed by atoms with Crippen LogP contribution in [0.1, 0.15) is 48.9 Å². The maximum atomic E-state index is 13.9. The van der Waals surface area contributed by atoms with Gasteiger partial charge in [0.2, 0.25) is 10.0 Å². The molecule has 2 aliphatic heterocycles. The highest BCUT2D eigenvalue weighted by Gasteiger charge is 2.28. The van der Waals surface area contributed by atoms with Crippen molar-refractivity contribution in [1.82, 2.24) is 9.29 Å². The third-order valence-electron chi connectivity index (χ3n) is 7.60. The molecule has 7 nitrogen and oxygen atoms in total. The Morgan fingerprint density at radius 2 is 1.59 bits per heavy atom. The number of benzene rings is 2. The maximum Gasteiger partial charge on any atom is 0.256 e. The van der Waals surface area contributed by atoms with E-state index in [1.54, 1.807) is 27.8 Å². The standard InChI is InChI=1S/C30H32N4O3S2/c35-30(24-21-27(29-12-9-19-38-29)31-25-11-4-3-10-23(24)25)32-26-20-22(39(36,37)34-17-7-2-8-18-34)13-14-28(26)33-15-5-1-6-16-33/h3-4,9-14,19-21H,1-2,5-8,15-18H2,(H,32,35). The molecule has 2 fully saturated rings. The molecule has 0 radical (unpaired) electrons. The van der Waals surface area contributed by atoms with Gasteiger partial charge in [-0.1, -0.05) is 30.7 Å². The van der Waals surface area contributed by atoms with Crippen LogP contribution in [-0.2, 0) is 10.0 Å². The minimum absolute atomic E-state index is 0.222. The van der Waals surface area contributed by atoms with E-state index < -0.39 is 10.0 Å². The van der Waals surface area contributed by atoms with Crippen LogP contribution < -0.4 is 10.2 Å². The monoisotopic (exact) mass is 560 g/mol. The Bertz CT molecular complexity index is 1590. The zero-order chi connectivity index (χ0) is 26.8. The number of nitrogens with one attached hydrogen (secondary N) is 1. The molecule has 6 rings (SSSR count). The molecule has 4 aromatic rings. The van der Waals surface area contributed by atoms with Gasteiger partial charge in [-0.05, 0) is 73.9 Å². The van der Waals surface area contributed by atoms with Gasteiger partial charge in [-0.15, -0.1) is 11.3 Å². The molecular weight excluding hydrogens is 528 g/mol. The van der Waals surface area contributed by atoms with Crippen LogP contribution >= 0.6 is 11.3 Å². The largest absolute Gasteiger partial charge is 0.370 e. The zero-order valence-corrected chi connectivity index (χ0v) is 23.4. The van der Waals surface area contributed by atoms with E-state index in [1.165, 1.54) is 6.42 Å². The van der Waals surface area contributed by atoms with E-state index >= 15 is 0 Å². The highest BCUT2D eigenvalue weighted by atomic mass is 32.2. The second-order valence-electron chi connectivity index (χ2n) is 10.2. The van der Waals surface area contributed by atoms with Crippen LogP contribution in [0.2, 0.25) is 0 Å². The zero-order valence-electron chi connectivity index (χ0n) is 21.8. The number of carbonyl (C=O) groups is 1. The fourth-order valence-electron chi connectivity index (χ4n) is 5.54. The molecule has 1 N–H and O–H groups in total. The Hall–Kier alpha value is -3.27. The molecule has 1 amide bonds. The fraction of sp³-hybridized carbons (Fsp3) is 0.333. The Balaban J connectivity index is 1.41. The number of amides is 1. The highest BCUT2D eigenvalue weighted by Crippen LogP contribution is 2.34. The summed E-state index contributed by atoms with van der Waals surface area (Å²) in [6.07, 6.45) is 6.11. The van der Waals surface area contributed by atoms with Crippen molar-refractivity contribution in [2.75, 3.05) is 36.4 Å². The number of para-hydroxylation sites is 1. The number of carbonyl (C=O) groups excluding carboxylic acids is 1. The molecule has 2 aromatic heterocycles. The average molecular weight is 561 g/mol. The van der Waals surface area contributed by atoms with E-state index in [0.717, 1.165) is 72.4 Å². The van der Waals surface area contributed by atoms with Crippen molar-refractivity contribution in [3.63, 3.8) is 0 Å². The van der Waals surface area contributed by atoms with Gasteiger partial charge in [0, 0.05) is 31.6 Å². The number of fused-ring (bicyclic) bond motifs is 1. The lowest BCUT2D eigenvalue weighted by molar-refractivity contribution is 0.102. The molecule has 0 unspecified atom stereocenters. The number of aromatic nitrogens is 1. The number of rotatable bonds is 6. The number of sulfonamides is 1. The first-order chi connectivity index (χ1) is 19.0. The fourth-order valence-corrected chi connectivity index (χ4v) is 7.77. The molecule has 2 aliphatic rings. The van der Waals surface area contributed by atoms with Gasteiger partial charge in [0.1, 0.15) is 0 Å². The van der Waals surface area contributed by atoms with Crippen molar-refractivity contribution in [1.29, 1.82) is 0 Å². The predicted octanol–water partition coefficient (Wildman–Crippen LogP) is 6.38. The number of nitrogens with zero attached hydrogens (tertiary/aromatic N) is 3. The maximum absolute atomic E-state index is 13.9. The van der Waals surface area contributed by atoms with Crippen molar-refractivity contribution < 1.29 is 13.2 Å². The van der Waals surface area contributed by atoms with E-state index in [1.807, 2.05) is 53.9 Å². The second-order valence-corrected chi connectivity index (χ2v) is 13.1. The van der Waals surface area contributed by atoms with Gasteiger partial charge in [-0.2, -0.15) is 4.31 Å². The van der Waals surface area contributed by atoms with E-state index in [0.29, 0.717) is 24.3 Å².